The van der Waals surface area contributed by atoms with Gasteiger partial charge in [0.1, 0.15) is 5.75 Å². The fraction of sp³-hybridized carbons (Fsp3) is 0.412. The second-order valence-electron chi connectivity index (χ2n) is 5.66. The Morgan fingerprint density at radius 3 is 2.79 bits per heavy atom. The van der Waals surface area contributed by atoms with E-state index in [0.29, 0.717) is 38.4 Å². The van der Waals surface area contributed by atoms with Crippen molar-refractivity contribution in [2.45, 2.75) is 32.6 Å². The minimum atomic E-state index is -4.50. The zero-order valence-corrected chi connectivity index (χ0v) is 13.3. The number of aromatic nitrogens is 2. The molecule has 4 nitrogen and oxygen atoms in total. The Morgan fingerprint density at radius 1 is 1.25 bits per heavy atom. The van der Waals surface area contributed by atoms with Gasteiger partial charge in [0, 0.05) is 43.4 Å². The van der Waals surface area contributed by atoms with E-state index >= 15 is 0 Å². The molecule has 0 bridgehead atoms. The average molecular weight is 337 g/mol. The number of ether oxygens (including phenoxy) is 1. The second kappa shape index (κ2) is 6.76. The van der Waals surface area contributed by atoms with E-state index in [0.717, 1.165) is 16.9 Å². The summed E-state index contributed by atoms with van der Waals surface area (Å²) in [5, 5.41) is 0. The van der Waals surface area contributed by atoms with Gasteiger partial charge in [-0.3, -0.25) is 4.90 Å². The summed E-state index contributed by atoms with van der Waals surface area (Å²) in [5.41, 5.74) is 2.31. The zero-order valence-electron chi connectivity index (χ0n) is 13.3. The topological polar surface area (TPSA) is 38.2 Å². The Morgan fingerprint density at radius 2 is 2.04 bits per heavy atom. The molecule has 0 radical (unpaired) electrons. The summed E-state index contributed by atoms with van der Waals surface area (Å²) in [7, 11) is 0. The number of hydrogen-bond acceptors (Lipinski definition) is 4. The number of benzene rings is 1. The predicted molar refractivity (Wildman–Crippen MR) is 82.5 cm³/mol. The molecule has 2 heterocycles. The van der Waals surface area contributed by atoms with Gasteiger partial charge in [-0.25, -0.2) is 9.97 Å². The molecule has 128 valence electrons. The van der Waals surface area contributed by atoms with Gasteiger partial charge in [-0.15, -0.1) is 0 Å². The first-order valence-corrected chi connectivity index (χ1v) is 7.82. The van der Waals surface area contributed by atoms with E-state index in [1.165, 1.54) is 6.20 Å². The number of fused-ring (bicyclic) bond motifs is 1. The Kier molecular flexibility index (Phi) is 4.71. The number of alkyl halides is 3. The molecule has 0 saturated carbocycles. The molecule has 0 aliphatic carbocycles. The SMILES string of the molecule is CCOc1ccccc1CN1CCc2nc(C(F)(F)F)ncc2C1. The van der Waals surface area contributed by atoms with Gasteiger partial charge in [-0.1, -0.05) is 18.2 Å². The Bertz CT molecular complexity index is 718. The van der Waals surface area contributed by atoms with Crippen LogP contribution in [-0.2, 0) is 25.7 Å². The molecule has 3 rings (SSSR count). The van der Waals surface area contributed by atoms with Gasteiger partial charge < -0.3 is 4.74 Å². The number of rotatable bonds is 4. The lowest BCUT2D eigenvalue weighted by Crippen LogP contribution is -2.31. The third-order valence-corrected chi connectivity index (χ3v) is 3.93. The Labute approximate surface area is 138 Å². The summed E-state index contributed by atoms with van der Waals surface area (Å²) < 4.78 is 43.7. The molecule has 7 heteroatoms. The quantitative estimate of drug-likeness (QED) is 0.856. The minimum absolute atomic E-state index is 0.484. The van der Waals surface area contributed by atoms with Gasteiger partial charge in [0.05, 0.1) is 12.3 Å². The molecule has 0 saturated heterocycles. The fourth-order valence-electron chi connectivity index (χ4n) is 2.82. The van der Waals surface area contributed by atoms with E-state index in [4.69, 9.17) is 4.74 Å². The van der Waals surface area contributed by atoms with Crippen molar-refractivity contribution in [3.05, 3.63) is 53.1 Å². The molecule has 1 aliphatic heterocycles. The highest BCUT2D eigenvalue weighted by atomic mass is 19.4. The van der Waals surface area contributed by atoms with Crippen molar-refractivity contribution in [3.63, 3.8) is 0 Å². The van der Waals surface area contributed by atoms with E-state index in [1.807, 2.05) is 31.2 Å². The summed E-state index contributed by atoms with van der Waals surface area (Å²) in [6.45, 7) is 4.39. The number of nitrogens with zero attached hydrogens (tertiary/aromatic N) is 3. The van der Waals surface area contributed by atoms with Gasteiger partial charge in [-0.2, -0.15) is 13.2 Å². The van der Waals surface area contributed by atoms with Crippen LogP contribution >= 0.6 is 0 Å². The largest absolute Gasteiger partial charge is 0.494 e. The van der Waals surface area contributed by atoms with Crippen LogP contribution in [0.3, 0.4) is 0 Å². The molecule has 1 aliphatic rings. The van der Waals surface area contributed by atoms with E-state index < -0.39 is 12.0 Å². The van der Waals surface area contributed by atoms with Crippen molar-refractivity contribution in [2.24, 2.45) is 0 Å². The molecule has 0 spiro atoms. The van der Waals surface area contributed by atoms with Crippen molar-refractivity contribution in [1.82, 2.24) is 14.9 Å². The standard InChI is InChI=1S/C17H18F3N3O/c1-2-24-15-6-4-3-5-12(15)10-23-8-7-14-13(11-23)9-21-16(22-14)17(18,19)20/h3-6,9H,2,7-8,10-11H2,1H3. The molecule has 2 aromatic rings. The summed E-state index contributed by atoms with van der Waals surface area (Å²) in [4.78, 5) is 9.31. The average Bonchev–Trinajstić information content (AvgIpc) is 2.55. The summed E-state index contributed by atoms with van der Waals surface area (Å²) in [6, 6.07) is 7.81. The first-order valence-electron chi connectivity index (χ1n) is 7.82. The number of halogens is 3. The Hall–Kier alpha value is -2.15. The summed E-state index contributed by atoms with van der Waals surface area (Å²) in [6.07, 6.45) is -2.72. The smallest absolute Gasteiger partial charge is 0.451 e. The number of para-hydroxylation sites is 1. The first kappa shape index (κ1) is 16.7. The molecule has 0 unspecified atom stereocenters. The first-order chi connectivity index (χ1) is 11.5. The van der Waals surface area contributed by atoms with Crippen LogP contribution in [0.4, 0.5) is 13.2 Å². The van der Waals surface area contributed by atoms with Crippen molar-refractivity contribution in [3.8, 4) is 5.75 Å². The van der Waals surface area contributed by atoms with E-state index in [1.54, 1.807) is 0 Å². The van der Waals surface area contributed by atoms with Crippen LogP contribution in [0.5, 0.6) is 5.75 Å². The maximum atomic E-state index is 12.7. The molecular formula is C17H18F3N3O. The Balaban J connectivity index is 1.74. The molecular weight excluding hydrogens is 319 g/mol. The second-order valence-corrected chi connectivity index (χ2v) is 5.66. The highest BCUT2D eigenvalue weighted by Crippen LogP contribution is 2.28. The normalized spacial score (nSPS) is 15.2. The van der Waals surface area contributed by atoms with Gasteiger partial charge in [0.2, 0.25) is 5.82 Å². The van der Waals surface area contributed by atoms with Crippen molar-refractivity contribution in [2.75, 3.05) is 13.2 Å². The number of hydrogen-bond donors (Lipinski definition) is 0. The molecule has 0 amide bonds. The van der Waals surface area contributed by atoms with Gasteiger partial charge >= 0.3 is 6.18 Å². The predicted octanol–water partition coefficient (Wildman–Crippen LogP) is 3.45. The highest BCUT2D eigenvalue weighted by Gasteiger charge is 2.35. The van der Waals surface area contributed by atoms with Crippen LogP contribution in [0.1, 0.15) is 29.6 Å². The van der Waals surface area contributed by atoms with Crippen molar-refractivity contribution < 1.29 is 17.9 Å². The minimum Gasteiger partial charge on any atom is -0.494 e. The third-order valence-electron chi connectivity index (χ3n) is 3.93. The lowest BCUT2D eigenvalue weighted by molar-refractivity contribution is -0.145. The highest BCUT2D eigenvalue weighted by molar-refractivity contribution is 5.33. The van der Waals surface area contributed by atoms with Crippen LogP contribution in [0, 0.1) is 0 Å². The van der Waals surface area contributed by atoms with E-state index in [9.17, 15) is 13.2 Å². The van der Waals surface area contributed by atoms with Crippen molar-refractivity contribution in [1.29, 1.82) is 0 Å². The molecule has 24 heavy (non-hydrogen) atoms. The molecule has 0 fully saturated rings. The monoisotopic (exact) mass is 337 g/mol. The van der Waals surface area contributed by atoms with Gasteiger partial charge in [-0.05, 0) is 13.0 Å². The lowest BCUT2D eigenvalue weighted by Gasteiger charge is -2.28. The van der Waals surface area contributed by atoms with Gasteiger partial charge in [0.25, 0.3) is 0 Å². The third kappa shape index (κ3) is 3.67. The summed E-state index contributed by atoms with van der Waals surface area (Å²) in [5.74, 6) is -0.217. The molecule has 1 aromatic carbocycles. The zero-order chi connectivity index (χ0) is 17.2. The van der Waals surface area contributed by atoms with E-state index in [-0.39, 0.29) is 0 Å². The lowest BCUT2D eigenvalue weighted by atomic mass is 10.1. The summed E-state index contributed by atoms with van der Waals surface area (Å²) >= 11 is 0. The van der Waals surface area contributed by atoms with E-state index in [2.05, 4.69) is 14.9 Å². The van der Waals surface area contributed by atoms with Crippen LogP contribution in [-0.4, -0.2) is 28.0 Å². The molecule has 0 atom stereocenters. The van der Waals surface area contributed by atoms with Crippen LogP contribution in [0.2, 0.25) is 0 Å². The molecule has 0 N–H and O–H groups in total. The fourth-order valence-corrected chi connectivity index (χ4v) is 2.82. The van der Waals surface area contributed by atoms with Gasteiger partial charge in [0.15, 0.2) is 0 Å². The molecule has 1 aromatic heterocycles. The van der Waals surface area contributed by atoms with Crippen LogP contribution < -0.4 is 4.74 Å². The van der Waals surface area contributed by atoms with Crippen LogP contribution in [0.15, 0.2) is 30.5 Å². The maximum absolute atomic E-state index is 12.7. The maximum Gasteiger partial charge on any atom is 0.451 e. The van der Waals surface area contributed by atoms with Crippen molar-refractivity contribution >= 4 is 0 Å². The van der Waals surface area contributed by atoms with Crippen LogP contribution in [0.25, 0.3) is 0 Å².